The molecule has 0 aromatic heterocycles. The third-order valence-electron chi connectivity index (χ3n) is 4.23. The highest BCUT2D eigenvalue weighted by molar-refractivity contribution is 9.10. The SMILES string of the molecule is CC(NC(=O)C1(c2ccccc2)CC1)c1ccccc1Br. The molecule has 1 atom stereocenters. The van der Waals surface area contributed by atoms with Crippen LogP contribution in [0.5, 0.6) is 0 Å². The summed E-state index contributed by atoms with van der Waals surface area (Å²) in [6.45, 7) is 2.03. The van der Waals surface area contributed by atoms with Crippen LogP contribution < -0.4 is 5.32 Å². The summed E-state index contributed by atoms with van der Waals surface area (Å²) >= 11 is 3.55. The minimum Gasteiger partial charge on any atom is -0.349 e. The number of hydrogen-bond donors (Lipinski definition) is 1. The van der Waals surface area contributed by atoms with Gasteiger partial charge in [-0.1, -0.05) is 64.5 Å². The Morgan fingerprint density at radius 2 is 1.71 bits per heavy atom. The topological polar surface area (TPSA) is 29.1 Å². The summed E-state index contributed by atoms with van der Waals surface area (Å²) in [7, 11) is 0. The number of benzene rings is 2. The molecule has 0 saturated heterocycles. The van der Waals surface area contributed by atoms with Crippen molar-refractivity contribution in [1.29, 1.82) is 0 Å². The fourth-order valence-corrected chi connectivity index (χ4v) is 3.40. The summed E-state index contributed by atoms with van der Waals surface area (Å²) in [6.07, 6.45) is 1.87. The summed E-state index contributed by atoms with van der Waals surface area (Å²) in [6, 6.07) is 18.1. The van der Waals surface area contributed by atoms with Crippen molar-refractivity contribution in [2.45, 2.75) is 31.2 Å². The first-order valence-electron chi connectivity index (χ1n) is 7.24. The molecule has 1 aliphatic carbocycles. The quantitative estimate of drug-likeness (QED) is 0.877. The molecule has 1 N–H and O–H groups in total. The van der Waals surface area contributed by atoms with Gasteiger partial charge >= 0.3 is 0 Å². The third kappa shape index (κ3) is 2.75. The molecule has 0 heterocycles. The Hall–Kier alpha value is -1.61. The molecule has 0 aliphatic heterocycles. The third-order valence-corrected chi connectivity index (χ3v) is 4.95. The van der Waals surface area contributed by atoms with Crippen molar-refractivity contribution in [3.05, 3.63) is 70.2 Å². The fraction of sp³-hybridized carbons (Fsp3) is 0.278. The van der Waals surface area contributed by atoms with E-state index in [4.69, 9.17) is 0 Å². The molecule has 2 nitrogen and oxygen atoms in total. The lowest BCUT2D eigenvalue weighted by Crippen LogP contribution is -2.36. The maximum absolute atomic E-state index is 12.7. The molecule has 108 valence electrons. The van der Waals surface area contributed by atoms with Crippen molar-refractivity contribution in [1.82, 2.24) is 5.32 Å². The van der Waals surface area contributed by atoms with Crippen molar-refractivity contribution in [3.63, 3.8) is 0 Å². The Morgan fingerprint density at radius 3 is 2.33 bits per heavy atom. The first kappa shape index (κ1) is 14.3. The molecule has 1 amide bonds. The highest BCUT2D eigenvalue weighted by atomic mass is 79.9. The predicted octanol–water partition coefficient (Wildman–Crippen LogP) is 4.36. The zero-order chi connectivity index (χ0) is 14.9. The van der Waals surface area contributed by atoms with Gasteiger partial charge in [-0.25, -0.2) is 0 Å². The standard InChI is InChI=1S/C18H18BrNO/c1-13(15-9-5-6-10-16(15)19)20-17(21)18(11-12-18)14-7-3-2-4-8-14/h2-10,13H,11-12H2,1H3,(H,20,21). The fourth-order valence-electron chi connectivity index (χ4n) is 2.77. The first-order valence-corrected chi connectivity index (χ1v) is 8.04. The number of amides is 1. The van der Waals surface area contributed by atoms with Gasteiger partial charge in [-0.2, -0.15) is 0 Å². The van der Waals surface area contributed by atoms with Gasteiger partial charge < -0.3 is 5.32 Å². The largest absolute Gasteiger partial charge is 0.349 e. The number of nitrogens with one attached hydrogen (secondary N) is 1. The predicted molar refractivity (Wildman–Crippen MR) is 88.1 cm³/mol. The van der Waals surface area contributed by atoms with E-state index in [1.165, 1.54) is 0 Å². The second-order valence-corrected chi connectivity index (χ2v) is 6.52. The number of carbonyl (C=O) groups excluding carboxylic acids is 1. The molecule has 0 bridgehead atoms. The summed E-state index contributed by atoms with van der Waals surface area (Å²) < 4.78 is 1.03. The lowest BCUT2D eigenvalue weighted by atomic mass is 9.94. The molecule has 21 heavy (non-hydrogen) atoms. The van der Waals surface area contributed by atoms with Gasteiger partial charge in [-0.3, -0.25) is 4.79 Å². The normalized spacial score (nSPS) is 17.0. The van der Waals surface area contributed by atoms with Gasteiger partial charge in [0.05, 0.1) is 11.5 Å². The van der Waals surface area contributed by atoms with E-state index in [1.807, 2.05) is 49.4 Å². The van der Waals surface area contributed by atoms with E-state index in [1.54, 1.807) is 0 Å². The number of hydrogen-bond acceptors (Lipinski definition) is 1. The summed E-state index contributed by atoms with van der Waals surface area (Å²) in [5, 5.41) is 3.17. The molecule has 3 heteroatoms. The van der Waals surface area contributed by atoms with Crippen LogP contribution in [0.2, 0.25) is 0 Å². The van der Waals surface area contributed by atoms with Crippen molar-refractivity contribution >= 4 is 21.8 Å². The van der Waals surface area contributed by atoms with Gasteiger partial charge in [0.25, 0.3) is 0 Å². The lowest BCUT2D eigenvalue weighted by Gasteiger charge is -2.21. The highest BCUT2D eigenvalue weighted by Crippen LogP contribution is 2.48. The van der Waals surface area contributed by atoms with Gasteiger partial charge in [-0.15, -0.1) is 0 Å². The summed E-state index contributed by atoms with van der Waals surface area (Å²) in [5.41, 5.74) is 1.92. The van der Waals surface area contributed by atoms with E-state index in [9.17, 15) is 4.79 Å². The summed E-state index contributed by atoms with van der Waals surface area (Å²) in [4.78, 5) is 12.7. The van der Waals surface area contributed by atoms with Crippen molar-refractivity contribution < 1.29 is 4.79 Å². The van der Waals surface area contributed by atoms with Crippen molar-refractivity contribution in [3.8, 4) is 0 Å². The second-order valence-electron chi connectivity index (χ2n) is 5.66. The van der Waals surface area contributed by atoms with Crippen LogP contribution in [-0.4, -0.2) is 5.91 Å². The van der Waals surface area contributed by atoms with E-state index in [2.05, 4.69) is 33.4 Å². The van der Waals surface area contributed by atoms with Crippen LogP contribution in [-0.2, 0) is 10.2 Å². The smallest absolute Gasteiger partial charge is 0.231 e. The Balaban J connectivity index is 1.77. The minimum absolute atomic E-state index is 0.00531. The molecule has 0 spiro atoms. The number of halogens is 1. The first-order chi connectivity index (χ1) is 10.1. The van der Waals surface area contributed by atoms with Gasteiger partial charge in [0.2, 0.25) is 5.91 Å². The average molecular weight is 344 g/mol. The van der Waals surface area contributed by atoms with E-state index < -0.39 is 0 Å². The van der Waals surface area contributed by atoms with Crippen LogP contribution in [0.4, 0.5) is 0 Å². The average Bonchev–Trinajstić information content (AvgIpc) is 3.30. The van der Waals surface area contributed by atoms with Crippen LogP contribution in [0, 0.1) is 0 Å². The molecule has 1 fully saturated rings. The molecule has 1 aliphatic rings. The maximum Gasteiger partial charge on any atom is 0.231 e. The Kier molecular flexibility index (Phi) is 3.85. The van der Waals surface area contributed by atoms with Crippen molar-refractivity contribution in [2.75, 3.05) is 0 Å². The molecule has 2 aromatic rings. The van der Waals surface area contributed by atoms with E-state index in [-0.39, 0.29) is 17.4 Å². The molecule has 3 rings (SSSR count). The summed E-state index contributed by atoms with van der Waals surface area (Å²) in [5.74, 6) is 0.136. The van der Waals surface area contributed by atoms with Gasteiger partial charge in [0.1, 0.15) is 0 Å². The Labute approximate surface area is 133 Å². The minimum atomic E-state index is -0.309. The lowest BCUT2D eigenvalue weighted by molar-refractivity contribution is -0.124. The van der Waals surface area contributed by atoms with Crippen LogP contribution in [0.1, 0.15) is 36.9 Å². The van der Waals surface area contributed by atoms with Gasteiger partial charge in [0, 0.05) is 4.47 Å². The molecule has 1 saturated carbocycles. The number of rotatable bonds is 4. The van der Waals surface area contributed by atoms with Crippen LogP contribution in [0.3, 0.4) is 0 Å². The van der Waals surface area contributed by atoms with Crippen LogP contribution >= 0.6 is 15.9 Å². The molecular weight excluding hydrogens is 326 g/mol. The van der Waals surface area contributed by atoms with Gasteiger partial charge in [0.15, 0.2) is 0 Å². The molecule has 2 aromatic carbocycles. The maximum atomic E-state index is 12.7. The Bertz CT molecular complexity index is 649. The van der Waals surface area contributed by atoms with Crippen LogP contribution in [0.15, 0.2) is 59.1 Å². The number of carbonyl (C=O) groups is 1. The zero-order valence-electron chi connectivity index (χ0n) is 12.0. The Morgan fingerprint density at radius 1 is 1.10 bits per heavy atom. The zero-order valence-corrected chi connectivity index (χ0v) is 13.6. The van der Waals surface area contributed by atoms with E-state index >= 15 is 0 Å². The second kappa shape index (κ2) is 5.64. The molecule has 1 unspecified atom stereocenters. The van der Waals surface area contributed by atoms with Gasteiger partial charge in [-0.05, 0) is 37.0 Å². The molecule has 0 radical (unpaired) electrons. The van der Waals surface area contributed by atoms with Crippen LogP contribution in [0.25, 0.3) is 0 Å². The van der Waals surface area contributed by atoms with E-state index in [0.717, 1.165) is 28.4 Å². The van der Waals surface area contributed by atoms with E-state index in [0.29, 0.717) is 0 Å². The van der Waals surface area contributed by atoms with Crippen molar-refractivity contribution in [2.24, 2.45) is 0 Å². The highest BCUT2D eigenvalue weighted by Gasteiger charge is 2.51. The monoisotopic (exact) mass is 343 g/mol. The molecular formula is C18H18BrNO.